The third-order valence-electron chi connectivity index (χ3n) is 3.07. The lowest BCUT2D eigenvalue weighted by Crippen LogP contribution is -2.38. The van der Waals surface area contributed by atoms with Gasteiger partial charge in [0.05, 0.1) is 0 Å². The predicted octanol–water partition coefficient (Wildman–Crippen LogP) is 4.14. The van der Waals surface area contributed by atoms with E-state index in [1.165, 1.54) is 0 Å². The molecule has 1 rings (SSSR count). The lowest BCUT2D eigenvalue weighted by atomic mass is 9.96. The average molecular weight is 405 g/mol. The zero-order valence-corrected chi connectivity index (χ0v) is 15.4. The number of carbonyl (C=O) groups excluding carboxylic acids is 1. The molecular formula is C16H24INO3. The highest BCUT2D eigenvalue weighted by atomic mass is 127. The van der Waals surface area contributed by atoms with Crippen LogP contribution in [0.4, 0.5) is 4.79 Å². The van der Waals surface area contributed by atoms with Crippen LogP contribution in [-0.4, -0.2) is 25.3 Å². The van der Waals surface area contributed by atoms with Crippen LogP contribution < -0.4 is 5.32 Å². The topological polar surface area (TPSA) is 47.6 Å². The summed E-state index contributed by atoms with van der Waals surface area (Å²) in [6, 6.07) is 8.02. The number of carbonyl (C=O) groups is 1. The van der Waals surface area contributed by atoms with Gasteiger partial charge in [-0.25, -0.2) is 4.79 Å². The summed E-state index contributed by atoms with van der Waals surface area (Å²) in [4.78, 5) is 11.9. The molecule has 21 heavy (non-hydrogen) atoms. The maximum absolute atomic E-state index is 11.9. The Morgan fingerprint density at radius 2 is 1.81 bits per heavy atom. The first kappa shape index (κ1) is 18.2. The van der Waals surface area contributed by atoms with E-state index in [9.17, 15) is 4.79 Å². The zero-order valence-electron chi connectivity index (χ0n) is 13.2. The molecule has 2 atom stereocenters. The second-order valence-corrected chi connectivity index (χ2v) is 6.75. The maximum Gasteiger partial charge on any atom is 0.407 e. The molecule has 0 heterocycles. The second-order valence-electron chi connectivity index (χ2n) is 5.59. The van der Waals surface area contributed by atoms with Crippen molar-refractivity contribution in [1.82, 2.24) is 5.32 Å². The molecular weight excluding hydrogens is 381 g/mol. The van der Waals surface area contributed by atoms with Crippen LogP contribution in [0.15, 0.2) is 24.3 Å². The van der Waals surface area contributed by atoms with E-state index in [2.05, 4.69) is 27.9 Å². The van der Waals surface area contributed by atoms with Crippen LogP contribution in [0.2, 0.25) is 0 Å². The van der Waals surface area contributed by atoms with Crippen LogP contribution in [0.3, 0.4) is 0 Å². The van der Waals surface area contributed by atoms with Gasteiger partial charge in [-0.3, -0.25) is 0 Å². The summed E-state index contributed by atoms with van der Waals surface area (Å²) in [5, 5.41) is 2.75. The molecule has 0 aromatic heterocycles. The van der Waals surface area contributed by atoms with Crippen LogP contribution >= 0.6 is 22.6 Å². The van der Waals surface area contributed by atoms with Crippen molar-refractivity contribution in [3.05, 3.63) is 33.4 Å². The average Bonchev–Trinajstić information content (AvgIpc) is 2.39. The van der Waals surface area contributed by atoms with Gasteiger partial charge in [0, 0.05) is 16.7 Å². The minimum absolute atomic E-state index is 0.0446. The minimum Gasteiger partial charge on any atom is -0.443 e. The molecule has 4 nitrogen and oxygen atoms in total. The fourth-order valence-corrected chi connectivity index (χ4v) is 2.78. The van der Waals surface area contributed by atoms with E-state index in [-0.39, 0.29) is 24.2 Å². The third-order valence-corrected chi connectivity index (χ3v) is 4.05. The first-order valence-electron chi connectivity index (χ1n) is 7.11. The Balaban J connectivity index is 2.96. The number of rotatable bonds is 6. The van der Waals surface area contributed by atoms with E-state index in [1.54, 1.807) is 7.11 Å². The smallest absolute Gasteiger partial charge is 0.407 e. The number of ether oxygens (including phenoxy) is 2. The van der Waals surface area contributed by atoms with Gasteiger partial charge in [0.25, 0.3) is 0 Å². The summed E-state index contributed by atoms with van der Waals surface area (Å²) in [6.07, 6.45) is -1.03. The van der Waals surface area contributed by atoms with E-state index in [0.29, 0.717) is 0 Å². The molecule has 0 aliphatic rings. The largest absolute Gasteiger partial charge is 0.443 e. The molecule has 0 radical (unpaired) electrons. The van der Waals surface area contributed by atoms with Crippen molar-refractivity contribution in [3.8, 4) is 0 Å². The van der Waals surface area contributed by atoms with E-state index < -0.39 is 6.09 Å². The Bertz CT molecular complexity index is 463. The molecule has 1 amide bonds. The molecule has 5 heteroatoms. The number of alkyl carbamates (subject to hydrolysis) is 1. The van der Waals surface area contributed by atoms with Gasteiger partial charge in [-0.2, -0.15) is 0 Å². The molecule has 0 aliphatic carbocycles. The van der Waals surface area contributed by atoms with Crippen molar-refractivity contribution in [3.63, 3.8) is 0 Å². The van der Waals surface area contributed by atoms with Crippen molar-refractivity contribution in [2.24, 2.45) is 5.92 Å². The minimum atomic E-state index is -0.406. The molecule has 118 valence electrons. The van der Waals surface area contributed by atoms with Crippen molar-refractivity contribution in [2.75, 3.05) is 7.11 Å². The summed E-state index contributed by atoms with van der Waals surface area (Å²) in [6.45, 7) is 7.85. The van der Waals surface area contributed by atoms with Gasteiger partial charge in [0.2, 0.25) is 0 Å². The highest BCUT2D eigenvalue weighted by Crippen LogP contribution is 2.30. The summed E-state index contributed by atoms with van der Waals surface area (Å²) in [7, 11) is 1.65. The van der Waals surface area contributed by atoms with E-state index in [0.717, 1.165) is 9.13 Å². The number of hydrogen-bond acceptors (Lipinski definition) is 3. The number of nitrogens with one attached hydrogen (secondary N) is 1. The van der Waals surface area contributed by atoms with Crippen LogP contribution in [-0.2, 0) is 9.47 Å². The Labute approximate surface area is 140 Å². The molecule has 1 aromatic rings. The normalized spacial score (nSPS) is 14.1. The number of halogens is 1. The second kappa shape index (κ2) is 8.58. The van der Waals surface area contributed by atoms with Crippen molar-refractivity contribution in [1.29, 1.82) is 0 Å². The van der Waals surface area contributed by atoms with Crippen molar-refractivity contribution >= 4 is 28.7 Å². The van der Waals surface area contributed by atoms with E-state index in [4.69, 9.17) is 9.47 Å². The SMILES string of the molecule is CO[C@@H](c1ccccc1I)[C@@H](OC(=O)NC(C)C)C(C)C. The quantitative estimate of drug-likeness (QED) is 0.724. The Morgan fingerprint density at radius 3 is 2.29 bits per heavy atom. The van der Waals surface area contributed by atoms with E-state index in [1.807, 2.05) is 52.0 Å². The zero-order chi connectivity index (χ0) is 16.0. The monoisotopic (exact) mass is 405 g/mol. The van der Waals surface area contributed by atoms with Gasteiger partial charge < -0.3 is 14.8 Å². The number of methoxy groups -OCH3 is 1. The summed E-state index contributed by atoms with van der Waals surface area (Å²) in [5.41, 5.74) is 1.04. The number of hydrogen-bond donors (Lipinski definition) is 1. The summed E-state index contributed by atoms with van der Waals surface area (Å²) in [5.74, 6) is 0.142. The standard InChI is InChI=1S/C16H24INO3/c1-10(2)14(21-16(19)18-11(3)4)15(20-5)12-8-6-7-9-13(12)17/h6-11,14-15H,1-5H3,(H,18,19)/t14-,15-/m0/s1. The fraction of sp³-hybridized carbons (Fsp3) is 0.562. The molecule has 0 aliphatic heterocycles. The van der Waals surface area contributed by atoms with Crippen LogP contribution in [0.1, 0.15) is 39.4 Å². The predicted molar refractivity (Wildman–Crippen MR) is 92.3 cm³/mol. The van der Waals surface area contributed by atoms with Gasteiger partial charge in [-0.15, -0.1) is 0 Å². The first-order valence-corrected chi connectivity index (χ1v) is 8.19. The third kappa shape index (κ3) is 5.47. The first-order chi connectivity index (χ1) is 9.86. The summed E-state index contributed by atoms with van der Waals surface area (Å²) >= 11 is 2.27. The highest BCUT2D eigenvalue weighted by Gasteiger charge is 2.31. The van der Waals surface area contributed by atoms with Gasteiger partial charge in [0.1, 0.15) is 12.2 Å². The molecule has 0 fully saturated rings. The van der Waals surface area contributed by atoms with Gasteiger partial charge in [-0.1, -0.05) is 32.0 Å². The van der Waals surface area contributed by atoms with Gasteiger partial charge in [-0.05, 0) is 54.0 Å². The Morgan fingerprint density at radius 1 is 1.19 bits per heavy atom. The molecule has 0 unspecified atom stereocenters. The molecule has 0 spiro atoms. The summed E-state index contributed by atoms with van der Waals surface area (Å²) < 4.78 is 12.3. The van der Waals surface area contributed by atoms with Crippen LogP contribution in [0.5, 0.6) is 0 Å². The molecule has 0 saturated carbocycles. The molecule has 0 bridgehead atoms. The Kier molecular flexibility index (Phi) is 7.45. The van der Waals surface area contributed by atoms with Gasteiger partial charge >= 0.3 is 6.09 Å². The molecule has 0 saturated heterocycles. The van der Waals surface area contributed by atoms with Crippen LogP contribution in [0, 0.1) is 9.49 Å². The fourth-order valence-electron chi connectivity index (χ4n) is 2.08. The van der Waals surface area contributed by atoms with E-state index >= 15 is 0 Å². The number of benzene rings is 1. The highest BCUT2D eigenvalue weighted by molar-refractivity contribution is 14.1. The van der Waals surface area contributed by atoms with Crippen molar-refractivity contribution in [2.45, 2.75) is 45.9 Å². The van der Waals surface area contributed by atoms with Crippen molar-refractivity contribution < 1.29 is 14.3 Å². The number of amides is 1. The maximum atomic E-state index is 11.9. The lowest BCUT2D eigenvalue weighted by Gasteiger charge is -2.30. The van der Waals surface area contributed by atoms with Gasteiger partial charge in [0.15, 0.2) is 0 Å². The molecule has 1 N–H and O–H groups in total. The lowest BCUT2D eigenvalue weighted by molar-refractivity contribution is -0.0457. The molecule has 1 aromatic carbocycles. The van der Waals surface area contributed by atoms with Crippen LogP contribution in [0.25, 0.3) is 0 Å². The Hall–Kier alpha value is -0.820.